The van der Waals surface area contributed by atoms with Crippen LogP contribution in [0.3, 0.4) is 0 Å². The van der Waals surface area contributed by atoms with Crippen LogP contribution in [0.2, 0.25) is 0 Å². The van der Waals surface area contributed by atoms with Crippen molar-refractivity contribution in [1.82, 2.24) is 10.6 Å². The van der Waals surface area contributed by atoms with Crippen LogP contribution in [-0.2, 0) is 9.53 Å². The molecule has 1 atom stereocenters. The van der Waals surface area contributed by atoms with Crippen LogP contribution in [0.5, 0.6) is 0 Å². The number of rotatable bonds is 7. The van der Waals surface area contributed by atoms with E-state index in [9.17, 15) is 14.4 Å². The van der Waals surface area contributed by atoms with Crippen molar-refractivity contribution in [3.05, 3.63) is 65.7 Å². The van der Waals surface area contributed by atoms with Gasteiger partial charge in [-0.05, 0) is 60.9 Å². The van der Waals surface area contributed by atoms with E-state index in [4.69, 9.17) is 4.74 Å². The van der Waals surface area contributed by atoms with Gasteiger partial charge in [0.2, 0.25) is 5.91 Å². The van der Waals surface area contributed by atoms with Gasteiger partial charge < -0.3 is 26.0 Å². The second kappa shape index (κ2) is 10.9. The van der Waals surface area contributed by atoms with Crippen LogP contribution >= 0.6 is 0 Å². The lowest BCUT2D eigenvalue weighted by atomic mass is 10.1. The smallest absolute Gasteiger partial charge is 0.319 e. The summed E-state index contributed by atoms with van der Waals surface area (Å²) in [7, 11) is 1.57. The van der Waals surface area contributed by atoms with Gasteiger partial charge in [0.1, 0.15) is 0 Å². The molecule has 1 aliphatic heterocycles. The highest BCUT2D eigenvalue weighted by Gasteiger charge is 2.16. The molecule has 0 spiro atoms. The van der Waals surface area contributed by atoms with E-state index in [1.54, 1.807) is 61.7 Å². The Morgan fingerprint density at radius 3 is 2.29 bits per heavy atom. The molecule has 1 fully saturated rings. The number of amides is 4. The van der Waals surface area contributed by atoms with Gasteiger partial charge in [0.05, 0.1) is 6.10 Å². The highest BCUT2D eigenvalue weighted by atomic mass is 16.5. The fourth-order valence-electron chi connectivity index (χ4n) is 3.07. The third kappa shape index (κ3) is 6.97. The van der Waals surface area contributed by atoms with Crippen LogP contribution in [0.1, 0.15) is 28.8 Å². The zero-order valence-electron chi connectivity index (χ0n) is 17.3. The molecule has 1 heterocycles. The molecule has 1 saturated heterocycles. The number of anilines is 2. The number of urea groups is 1. The molecule has 0 saturated carbocycles. The van der Waals surface area contributed by atoms with Gasteiger partial charge in [0, 0.05) is 43.2 Å². The molecule has 0 bridgehead atoms. The summed E-state index contributed by atoms with van der Waals surface area (Å²) in [4.78, 5) is 35.6. The molecular weight excluding hydrogens is 396 g/mol. The third-order valence-corrected chi connectivity index (χ3v) is 4.75. The van der Waals surface area contributed by atoms with E-state index in [2.05, 4.69) is 21.3 Å². The van der Waals surface area contributed by atoms with E-state index >= 15 is 0 Å². The lowest BCUT2D eigenvalue weighted by Crippen LogP contribution is -2.35. The molecule has 162 valence electrons. The number of carbonyl (C=O) groups excluding carboxylic acids is 3. The first-order valence-electron chi connectivity index (χ1n) is 10.1. The van der Waals surface area contributed by atoms with Crippen molar-refractivity contribution in [2.24, 2.45) is 0 Å². The van der Waals surface area contributed by atoms with E-state index < -0.39 is 0 Å². The molecule has 8 heteroatoms. The Kier molecular flexibility index (Phi) is 7.78. The predicted molar refractivity (Wildman–Crippen MR) is 120 cm³/mol. The Balaban J connectivity index is 1.45. The number of benzene rings is 2. The van der Waals surface area contributed by atoms with Gasteiger partial charge in [-0.15, -0.1) is 0 Å². The van der Waals surface area contributed by atoms with Crippen molar-refractivity contribution < 1.29 is 19.1 Å². The Morgan fingerprint density at radius 1 is 1.00 bits per heavy atom. The van der Waals surface area contributed by atoms with Crippen LogP contribution in [0.25, 0.3) is 6.08 Å². The van der Waals surface area contributed by atoms with Crippen LogP contribution in [0.4, 0.5) is 16.2 Å². The monoisotopic (exact) mass is 422 g/mol. The van der Waals surface area contributed by atoms with Crippen LogP contribution in [0.15, 0.2) is 54.6 Å². The lowest BCUT2D eigenvalue weighted by molar-refractivity contribution is -0.111. The van der Waals surface area contributed by atoms with Gasteiger partial charge in [-0.25, -0.2) is 4.79 Å². The number of ether oxygens (including phenoxy) is 1. The zero-order valence-corrected chi connectivity index (χ0v) is 17.3. The molecule has 4 N–H and O–H groups in total. The molecule has 0 aliphatic carbocycles. The van der Waals surface area contributed by atoms with E-state index in [-0.39, 0.29) is 23.9 Å². The normalized spacial score (nSPS) is 15.5. The molecule has 31 heavy (non-hydrogen) atoms. The Bertz CT molecular complexity index is 933. The van der Waals surface area contributed by atoms with Crippen molar-refractivity contribution in [2.75, 3.05) is 30.8 Å². The van der Waals surface area contributed by atoms with E-state index in [1.165, 1.54) is 6.08 Å². The molecule has 1 aliphatic rings. The molecule has 4 amide bonds. The second-order valence-corrected chi connectivity index (χ2v) is 7.07. The molecule has 1 unspecified atom stereocenters. The summed E-state index contributed by atoms with van der Waals surface area (Å²) in [6.45, 7) is 1.24. The summed E-state index contributed by atoms with van der Waals surface area (Å²) in [5.74, 6) is -0.447. The molecule has 2 aromatic rings. The van der Waals surface area contributed by atoms with Crippen molar-refractivity contribution in [1.29, 1.82) is 0 Å². The standard InChI is InChI=1S/C23H26N4O4/c1-24-22(29)17-7-4-16(5-8-17)6-13-21(28)26-18-9-11-19(12-10-18)27-23(30)25-15-20-3-2-14-31-20/h4-13,20H,2-3,14-15H2,1H3,(H,24,29)(H,26,28)(H2,25,27,30)/b13-6+. The first-order chi connectivity index (χ1) is 15.0. The Morgan fingerprint density at radius 2 is 1.68 bits per heavy atom. The van der Waals surface area contributed by atoms with Gasteiger partial charge in [-0.3, -0.25) is 9.59 Å². The van der Waals surface area contributed by atoms with E-state index in [0.29, 0.717) is 23.5 Å². The van der Waals surface area contributed by atoms with E-state index in [1.807, 2.05) is 0 Å². The SMILES string of the molecule is CNC(=O)c1ccc(/C=C/C(=O)Nc2ccc(NC(=O)NCC3CCCO3)cc2)cc1. The summed E-state index contributed by atoms with van der Waals surface area (Å²) in [5, 5.41) is 10.9. The van der Waals surface area contributed by atoms with Crippen molar-refractivity contribution in [3.63, 3.8) is 0 Å². The number of carbonyl (C=O) groups is 3. The molecule has 8 nitrogen and oxygen atoms in total. The highest BCUT2D eigenvalue weighted by Crippen LogP contribution is 2.14. The fraction of sp³-hybridized carbons (Fsp3) is 0.261. The second-order valence-electron chi connectivity index (χ2n) is 7.07. The Labute approximate surface area is 181 Å². The van der Waals surface area contributed by atoms with Gasteiger partial charge >= 0.3 is 6.03 Å². The highest BCUT2D eigenvalue weighted by molar-refractivity contribution is 6.02. The van der Waals surface area contributed by atoms with Crippen molar-refractivity contribution in [2.45, 2.75) is 18.9 Å². The number of hydrogen-bond acceptors (Lipinski definition) is 4. The van der Waals surface area contributed by atoms with Crippen molar-refractivity contribution >= 4 is 35.3 Å². The Hall–Kier alpha value is -3.65. The zero-order chi connectivity index (χ0) is 22.1. The van der Waals surface area contributed by atoms with Gasteiger partial charge in [0.15, 0.2) is 0 Å². The topological polar surface area (TPSA) is 109 Å². The van der Waals surface area contributed by atoms with Crippen molar-refractivity contribution in [3.8, 4) is 0 Å². The van der Waals surface area contributed by atoms with Gasteiger partial charge in [-0.1, -0.05) is 12.1 Å². The maximum atomic E-state index is 12.1. The first-order valence-corrected chi connectivity index (χ1v) is 10.1. The van der Waals surface area contributed by atoms with Crippen LogP contribution in [-0.4, -0.2) is 44.1 Å². The average Bonchev–Trinajstić information content (AvgIpc) is 3.31. The molecule has 0 aromatic heterocycles. The quantitative estimate of drug-likeness (QED) is 0.514. The van der Waals surface area contributed by atoms with Gasteiger partial charge in [0.25, 0.3) is 5.91 Å². The minimum atomic E-state index is -0.294. The van der Waals surface area contributed by atoms with E-state index in [0.717, 1.165) is 25.0 Å². The molecular formula is C23H26N4O4. The molecule has 0 radical (unpaired) electrons. The van der Waals surface area contributed by atoms with Gasteiger partial charge in [-0.2, -0.15) is 0 Å². The molecule has 2 aromatic carbocycles. The number of hydrogen-bond donors (Lipinski definition) is 4. The van der Waals surface area contributed by atoms with Crippen LogP contribution < -0.4 is 21.3 Å². The average molecular weight is 422 g/mol. The minimum Gasteiger partial charge on any atom is -0.376 e. The fourth-order valence-corrected chi connectivity index (χ4v) is 3.07. The summed E-state index contributed by atoms with van der Waals surface area (Å²) >= 11 is 0. The largest absolute Gasteiger partial charge is 0.376 e. The third-order valence-electron chi connectivity index (χ3n) is 4.75. The minimum absolute atomic E-state index is 0.0881. The number of nitrogens with one attached hydrogen (secondary N) is 4. The summed E-state index contributed by atoms with van der Waals surface area (Å²) in [6.07, 6.45) is 5.16. The maximum Gasteiger partial charge on any atom is 0.319 e. The lowest BCUT2D eigenvalue weighted by Gasteiger charge is -2.12. The maximum absolute atomic E-state index is 12.1. The summed E-state index contributed by atoms with van der Waals surface area (Å²) < 4.78 is 5.47. The predicted octanol–water partition coefficient (Wildman–Crippen LogP) is 3.00. The summed E-state index contributed by atoms with van der Waals surface area (Å²) in [6, 6.07) is 13.5. The first kappa shape index (κ1) is 22.0. The summed E-state index contributed by atoms with van der Waals surface area (Å²) in [5.41, 5.74) is 2.58. The van der Waals surface area contributed by atoms with Crippen LogP contribution in [0, 0.1) is 0 Å². The molecule has 3 rings (SSSR count).